The van der Waals surface area contributed by atoms with Crippen molar-refractivity contribution in [1.29, 1.82) is 0 Å². The van der Waals surface area contributed by atoms with Gasteiger partial charge in [-0.25, -0.2) is 0 Å². The van der Waals surface area contributed by atoms with Crippen molar-refractivity contribution in [1.82, 2.24) is 5.32 Å². The van der Waals surface area contributed by atoms with E-state index in [1.807, 2.05) is 0 Å². The quantitative estimate of drug-likeness (QED) is 0.811. The highest BCUT2D eigenvalue weighted by Crippen LogP contribution is 2.33. The molecule has 3 unspecified atom stereocenters. The Labute approximate surface area is 121 Å². The smallest absolute Gasteiger partial charge is 0.107 e. The minimum atomic E-state index is 0.672. The predicted molar refractivity (Wildman–Crippen MR) is 79.8 cm³/mol. The monoisotopic (exact) mass is 335 g/mol. The minimum Gasteiger partial charge on any atom is -0.309 e. The Hall–Kier alpha value is 0.430. The molecule has 0 aromatic carbocycles. The highest BCUT2D eigenvalue weighted by atomic mass is 79.9. The molecule has 1 nitrogen and oxygen atoms in total. The zero-order valence-corrected chi connectivity index (χ0v) is 13.5. The van der Waals surface area contributed by atoms with Crippen LogP contribution in [0.4, 0.5) is 0 Å². The third-order valence-electron chi connectivity index (χ3n) is 3.67. The van der Waals surface area contributed by atoms with Crippen LogP contribution in [0.15, 0.2) is 10.5 Å². The van der Waals surface area contributed by atoms with Crippen molar-refractivity contribution < 1.29 is 0 Å². The standard InChI is InChI=1S/C13H19BrClNS/c1-8-3-4-12(9(2)5-8)16-7-10-6-11(14)13(15)17-10/h6,8-9,12,16H,3-5,7H2,1-2H3. The molecule has 1 heterocycles. The van der Waals surface area contributed by atoms with Crippen molar-refractivity contribution in [3.8, 4) is 0 Å². The lowest BCUT2D eigenvalue weighted by Crippen LogP contribution is -2.38. The second-order valence-corrected chi connectivity index (χ2v) is 7.81. The van der Waals surface area contributed by atoms with Gasteiger partial charge in [-0.05, 0) is 53.1 Å². The first kappa shape index (κ1) is 13.9. The van der Waals surface area contributed by atoms with E-state index >= 15 is 0 Å². The molecule has 0 bridgehead atoms. The van der Waals surface area contributed by atoms with Crippen molar-refractivity contribution in [2.24, 2.45) is 11.8 Å². The molecule has 1 fully saturated rings. The Morgan fingerprint density at radius 3 is 2.82 bits per heavy atom. The normalized spacial score (nSPS) is 29.5. The largest absolute Gasteiger partial charge is 0.309 e. The molecule has 17 heavy (non-hydrogen) atoms. The van der Waals surface area contributed by atoms with Crippen molar-refractivity contribution in [3.63, 3.8) is 0 Å². The van der Waals surface area contributed by atoms with Crippen LogP contribution in [-0.2, 0) is 6.54 Å². The van der Waals surface area contributed by atoms with E-state index in [9.17, 15) is 0 Å². The molecule has 1 aliphatic carbocycles. The molecule has 3 atom stereocenters. The van der Waals surface area contributed by atoms with Crippen LogP contribution in [0.25, 0.3) is 0 Å². The summed E-state index contributed by atoms with van der Waals surface area (Å²) in [5, 5.41) is 3.68. The molecule has 4 heteroatoms. The summed E-state index contributed by atoms with van der Waals surface area (Å²) in [4.78, 5) is 1.31. The van der Waals surface area contributed by atoms with E-state index in [2.05, 4.69) is 41.2 Å². The molecule has 1 saturated carbocycles. The van der Waals surface area contributed by atoms with Gasteiger partial charge < -0.3 is 5.32 Å². The van der Waals surface area contributed by atoms with E-state index in [-0.39, 0.29) is 0 Å². The summed E-state index contributed by atoms with van der Waals surface area (Å²) in [5.41, 5.74) is 0. The topological polar surface area (TPSA) is 12.0 Å². The van der Waals surface area contributed by atoms with Gasteiger partial charge in [0.2, 0.25) is 0 Å². The number of hydrogen-bond donors (Lipinski definition) is 1. The van der Waals surface area contributed by atoms with E-state index in [0.717, 1.165) is 27.2 Å². The minimum absolute atomic E-state index is 0.672. The van der Waals surface area contributed by atoms with Gasteiger partial charge in [-0.15, -0.1) is 11.3 Å². The highest BCUT2D eigenvalue weighted by molar-refractivity contribution is 9.10. The lowest BCUT2D eigenvalue weighted by molar-refractivity contribution is 0.227. The maximum Gasteiger partial charge on any atom is 0.107 e. The van der Waals surface area contributed by atoms with Crippen LogP contribution < -0.4 is 5.32 Å². The second kappa shape index (κ2) is 6.05. The first-order valence-corrected chi connectivity index (χ1v) is 8.22. The number of thiophene rings is 1. The van der Waals surface area contributed by atoms with E-state index in [1.54, 1.807) is 11.3 Å². The molecule has 1 aromatic heterocycles. The second-order valence-electron chi connectivity index (χ2n) is 5.22. The molecule has 0 amide bonds. The lowest BCUT2D eigenvalue weighted by atomic mass is 9.80. The van der Waals surface area contributed by atoms with Gasteiger partial charge in [0.05, 0.1) is 0 Å². The number of hydrogen-bond acceptors (Lipinski definition) is 2. The Balaban J connectivity index is 1.85. The third-order valence-corrected chi connectivity index (χ3v) is 6.14. The van der Waals surface area contributed by atoms with Gasteiger partial charge in [-0.3, -0.25) is 0 Å². The van der Waals surface area contributed by atoms with Crippen LogP contribution in [0.3, 0.4) is 0 Å². The molecule has 0 spiro atoms. The summed E-state index contributed by atoms with van der Waals surface area (Å²) in [5.74, 6) is 1.69. The van der Waals surface area contributed by atoms with E-state index < -0.39 is 0 Å². The molecule has 96 valence electrons. The van der Waals surface area contributed by atoms with Gasteiger partial charge in [-0.2, -0.15) is 0 Å². The molecular weight excluding hydrogens is 318 g/mol. The third kappa shape index (κ3) is 3.69. The van der Waals surface area contributed by atoms with E-state index in [0.29, 0.717) is 6.04 Å². The number of rotatable bonds is 3. The van der Waals surface area contributed by atoms with Crippen LogP contribution in [0.2, 0.25) is 4.34 Å². The Kier molecular flexibility index (Phi) is 4.93. The molecular formula is C13H19BrClNS. The van der Waals surface area contributed by atoms with Gasteiger partial charge in [-0.1, -0.05) is 25.4 Å². The fraction of sp³-hybridized carbons (Fsp3) is 0.692. The number of nitrogens with one attached hydrogen (secondary N) is 1. The summed E-state index contributed by atoms with van der Waals surface area (Å²) in [6, 6.07) is 2.79. The van der Waals surface area contributed by atoms with Crippen LogP contribution in [0.5, 0.6) is 0 Å². The first-order valence-electron chi connectivity index (χ1n) is 6.23. The van der Waals surface area contributed by atoms with Crippen LogP contribution in [0.1, 0.15) is 38.0 Å². The molecule has 0 saturated heterocycles. The Morgan fingerprint density at radius 2 is 2.24 bits per heavy atom. The number of halogens is 2. The average Bonchev–Trinajstić information content (AvgIpc) is 2.57. The zero-order chi connectivity index (χ0) is 12.4. The summed E-state index contributed by atoms with van der Waals surface area (Å²) in [6.45, 7) is 5.67. The molecule has 0 radical (unpaired) electrons. The lowest BCUT2D eigenvalue weighted by Gasteiger charge is -2.33. The summed E-state index contributed by atoms with van der Waals surface area (Å²) >= 11 is 11.2. The SMILES string of the molecule is CC1CCC(NCc2cc(Br)c(Cl)s2)C(C)C1. The van der Waals surface area contributed by atoms with E-state index in [4.69, 9.17) is 11.6 Å². The maximum atomic E-state index is 6.04. The summed E-state index contributed by atoms with van der Waals surface area (Å²) in [6.07, 6.45) is 4.02. The van der Waals surface area contributed by atoms with Crippen LogP contribution >= 0.6 is 38.9 Å². The van der Waals surface area contributed by atoms with Gasteiger partial charge in [0, 0.05) is 21.9 Å². The fourth-order valence-electron chi connectivity index (χ4n) is 2.68. The Bertz CT molecular complexity index is 360. The molecule has 1 aliphatic rings. The van der Waals surface area contributed by atoms with Crippen molar-refractivity contribution in [2.45, 2.75) is 45.7 Å². The summed E-state index contributed by atoms with van der Waals surface area (Å²) in [7, 11) is 0. The van der Waals surface area contributed by atoms with Gasteiger partial charge in [0.1, 0.15) is 4.34 Å². The first-order chi connectivity index (χ1) is 8.06. The zero-order valence-electron chi connectivity index (χ0n) is 10.3. The van der Waals surface area contributed by atoms with Gasteiger partial charge in [0.15, 0.2) is 0 Å². The van der Waals surface area contributed by atoms with Gasteiger partial charge >= 0.3 is 0 Å². The Morgan fingerprint density at radius 1 is 1.47 bits per heavy atom. The average molecular weight is 337 g/mol. The van der Waals surface area contributed by atoms with Crippen molar-refractivity contribution >= 4 is 38.9 Å². The van der Waals surface area contributed by atoms with E-state index in [1.165, 1.54) is 24.1 Å². The maximum absolute atomic E-state index is 6.04. The van der Waals surface area contributed by atoms with Crippen molar-refractivity contribution in [3.05, 3.63) is 19.8 Å². The van der Waals surface area contributed by atoms with Crippen LogP contribution in [0, 0.1) is 11.8 Å². The molecule has 2 rings (SSSR count). The molecule has 0 aliphatic heterocycles. The molecule has 1 N–H and O–H groups in total. The van der Waals surface area contributed by atoms with Crippen molar-refractivity contribution in [2.75, 3.05) is 0 Å². The molecule has 1 aromatic rings. The summed E-state index contributed by atoms with van der Waals surface area (Å²) < 4.78 is 1.87. The highest BCUT2D eigenvalue weighted by Gasteiger charge is 2.24. The van der Waals surface area contributed by atoms with Crippen LogP contribution in [-0.4, -0.2) is 6.04 Å². The van der Waals surface area contributed by atoms with Gasteiger partial charge in [0.25, 0.3) is 0 Å². The fourth-order valence-corrected chi connectivity index (χ4v) is 4.42. The predicted octanol–water partition coefficient (Wildman–Crippen LogP) is 5.08.